The van der Waals surface area contributed by atoms with Gasteiger partial charge in [-0.15, -0.1) is 0 Å². The SMILES string of the molecule is CC1OC(C)C(C(NN)C2=CCCCO2)C1C. The van der Waals surface area contributed by atoms with E-state index >= 15 is 0 Å². The molecule has 5 atom stereocenters. The van der Waals surface area contributed by atoms with Gasteiger partial charge in [0.05, 0.1) is 24.9 Å². The van der Waals surface area contributed by atoms with Crippen molar-refractivity contribution < 1.29 is 9.47 Å². The van der Waals surface area contributed by atoms with Gasteiger partial charge in [-0.25, -0.2) is 5.43 Å². The molecular weight excluding hydrogens is 216 g/mol. The molecule has 3 N–H and O–H groups in total. The summed E-state index contributed by atoms with van der Waals surface area (Å²) < 4.78 is 11.6. The van der Waals surface area contributed by atoms with Gasteiger partial charge in [-0.1, -0.05) is 6.92 Å². The lowest BCUT2D eigenvalue weighted by Gasteiger charge is -2.31. The van der Waals surface area contributed by atoms with E-state index < -0.39 is 0 Å². The third-order valence-corrected chi connectivity index (χ3v) is 4.15. The molecule has 2 aliphatic rings. The molecule has 4 heteroatoms. The Labute approximate surface area is 104 Å². The first-order valence-electron chi connectivity index (χ1n) is 6.59. The Morgan fingerprint density at radius 2 is 2.12 bits per heavy atom. The highest BCUT2D eigenvalue weighted by molar-refractivity contribution is 5.10. The third kappa shape index (κ3) is 2.49. The molecule has 1 fully saturated rings. The summed E-state index contributed by atoms with van der Waals surface area (Å²) in [6.07, 6.45) is 4.85. The Bertz CT molecular complexity index is 293. The predicted octanol–water partition coefficient (Wildman–Crippen LogP) is 1.57. The smallest absolute Gasteiger partial charge is 0.111 e. The van der Waals surface area contributed by atoms with Crippen LogP contribution >= 0.6 is 0 Å². The van der Waals surface area contributed by atoms with Crippen LogP contribution < -0.4 is 11.3 Å². The summed E-state index contributed by atoms with van der Waals surface area (Å²) in [5.74, 6) is 7.59. The van der Waals surface area contributed by atoms with Crippen molar-refractivity contribution in [3.63, 3.8) is 0 Å². The van der Waals surface area contributed by atoms with Crippen molar-refractivity contribution in [2.24, 2.45) is 17.7 Å². The fraction of sp³-hybridized carbons (Fsp3) is 0.846. The number of hydrogen-bond donors (Lipinski definition) is 2. The average molecular weight is 240 g/mol. The second-order valence-electron chi connectivity index (χ2n) is 5.22. The summed E-state index contributed by atoms with van der Waals surface area (Å²) >= 11 is 0. The maximum Gasteiger partial charge on any atom is 0.111 e. The van der Waals surface area contributed by atoms with Gasteiger partial charge in [0.1, 0.15) is 5.76 Å². The minimum atomic E-state index is 0.0743. The molecule has 1 saturated heterocycles. The molecule has 0 amide bonds. The van der Waals surface area contributed by atoms with Crippen LogP contribution in [0.2, 0.25) is 0 Å². The number of rotatable bonds is 3. The molecule has 0 saturated carbocycles. The van der Waals surface area contributed by atoms with Crippen molar-refractivity contribution in [3.05, 3.63) is 11.8 Å². The summed E-state index contributed by atoms with van der Waals surface area (Å²) in [5.41, 5.74) is 2.92. The van der Waals surface area contributed by atoms with Crippen LogP contribution in [0.4, 0.5) is 0 Å². The number of hydrogen-bond acceptors (Lipinski definition) is 4. The second-order valence-corrected chi connectivity index (χ2v) is 5.22. The summed E-state index contributed by atoms with van der Waals surface area (Å²) in [6, 6.07) is 0.0743. The number of allylic oxidation sites excluding steroid dienone is 1. The lowest BCUT2D eigenvalue weighted by Crippen LogP contribution is -2.47. The molecule has 5 unspecified atom stereocenters. The summed E-state index contributed by atoms with van der Waals surface area (Å²) in [5, 5.41) is 0. The summed E-state index contributed by atoms with van der Waals surface area (Å²) in [7, 11) is 0. The zero-order valence-electron chi connectivity index (χ0n) is 11.0. The first-order chi connectivity index (χ1) is 8.15. The Balaban J connectivity index is 2.14. The highest BCUT2D eigenvalue weighted by Crippen LogP contribution is 2.37. The maximum absolute atomic E-state index is 5.88. The van der Waals surface area contributed by atoms with Crippen LogP contribution in [0.15, 0.2) is 11.8 Å². The quantitative estimate of drug-likeness (QED) is 0.581. The van der Waals surface area contributed by atoms with Crippen molar-refractivity contribution >= 4 is 0 Å². The standard InChI is InChI=1S/C13H24N2O2/c1-8-9(2)17-10(3)12(8)13(15-14)11-6-4-5-7-16-11/h6,8-10,12-13,15H,4-5,7,14H2,1-3H3. The van der Waals surface area contributed by atoms with Crippen molar-refractivity contribution in [2.45, 2.75) is 51.9 Å². The van der Waals surface area contributed by atoms with Crippen LogP contribution in [0.3, 0.4) is 0 Å². The number of ether oxygens (including phenoxy) is 2. The zero-order chi connectivity index (χ0) is 12.4. The predicted molar refractivity (Wildman–Crippen MR) is 67.0 cm³/mol. The Morgan fingerprint density at radius 3 is 2.59 bits per heavy atom. The molecule has 4 nitrogen and oxygen atoms in total. The fourth-order valence-electron chi connectivity index (χ4n) is 3.04. The van der Waals surface area contributed by atoms with E-state index in [4.69, 9.17) is 15.3 Å². The highest BCUT2D eigenvalue weighted by atomic mass is 16.5. The van der Waals surface area contributed by atoms with Gasteiger partial charge in [0.2, 0.25) is 0 Å². The molecule has 0 aromatic heterocycles. The van der Waals surface area contributed by atoms with Crippen LogP contribution in [0.25, 0.3) is 0 Å². The van der Waals surface area contributed by atoms with Gasteiger partial charge in [0, 0.05) is 5.92 Å². The topological polar surface area (TPSA) is 56.5 Å². The minimum absolute atomic E-state index is 0.0743. The van der Waals surface area contributed by atoms with Gasteiger partial charge < -0.3 is 9.47 Å². The molecular formula is C13H24N2O2. The van der Waals surface area contributed by atoms with Crippen molar-refractivity contribution in [2.75, 3.05) is 6.61 Å². The number of nitrogens with one attached hydrogen (secondary N) is 1. The van der Waals surface area contributed by atoms with Gasteiger partial charge in [-0.05, 0) is 38.7 Å². The number of nitrogens with two attached hydrogens (primary N) is 1. The lowest BCUT2D eigenvalue weighted by atomic mass is 9.82. The van der Waals surface area contributed by atoms with Gasteiger partial charge in [0.25, 0.3) is 0 Å². The van der Waals surface area contributed by atoms with E-state index in [-0.39, 0.29) is 18.2 Å². The summed E-state index contributed by atoms with van der Waals surface area (Å²) in [4.78, 5) is 0. The van der Waals surface area contributed by atoms with Gasteiger partial charge in [0.15, 0.2) is 0 Å². The normalized spacial score (nSPS) is 39.6. The zero-order valence-corrected chi connectivity index (χ0v) is 11.0. The maximum atomic E-state index is 5.88. The van der Waals surface area contributed by atoms with Crippen LogP contribution in [0.1, 0.15) is 33.6 Å². The monoisotopic (exact) mass is 240 g/mol. The Hall–Kier alpha value is -0.580. The fourth-order valence-corrected chi connectivity index (χ4v) is 3.04. The molecule has 2 aliphatic heterocycles. The van der Waals surface area contributed by atoms with E-state index in [2.05, 4.69) is 32.3 Å². The van der Waals surface area contributed by atoms with Gasteiger partial charge in [-0.3, -0.25) is 5.84 Å². The Morgan fingerprint density at radius 1 is 1.35 bits per heavy atom. The van der Waals surface area contributed by atoms with Crippen molar-refractivity contribution in [3.8, 4) is 0 Å². The molecule has 2 heterocycles. The van der Waals surface area contributed by atoms with E-state index in [0.717, 1.165) is 25.2 Å². The van der Waals surface area contributed by atoms with Gasteiger partial charge >= 0.3 is 0 Å². The van der Waals surface area contributed by atoms with Gasteiger partial charge in [-0.2, -0.15) is 0 Å². The summed E-state index contributed by atoms with van der Waals surface area (Å²) in [6.45, 7) is 7.28. The van der Waals surface area contributed by atoms with Crippen LogP contribution in [0.5, 0.6) is 0 Å². The molecule has 0 bridgehead atoms. The van der Waals surface area contributed by atoms with Crippen LogP contribution in [0, 0.1) is 11.8 Å². The van der Waals surface area contributed by atoms with E-state index in [1.807, 2.05) is 0 Å². The van der Waals surface area contributed by atoms with E-state index in [1.165, 1.54) is 0 Å². The van der Waals surface area contributed by atoms with E-state index in [0.29, 0.717) is 11.8 Å². The minimum Gasteiger partial charge on any atom is -0.497 e. The second kappa shape index (κ2) is 5.38. The van der Waals surface area contributed by atoms with Crippen molar-refractivity contribution in [1.82, 2.24) is 5.43 Å². The van der Waals surface area contributed by atoms with Crippen LogP contribution in [-0.2, 0) is 9.47 Å². The lowest BCUT2D eigenvalue weighted by molar-refractivity contribution is 0.0449. The van der Waals surface area contributed by atoms with Crippen molar-refractivity contribution in [1.29, 1.82) is 0 Å². The molecule has 0 aromatic carbocycles. The van der Waals surface area contributed by atoms with E-state index in [9.17, 15) is 0 Å². The molecule has 0 aliphatic carbocycles. The molecule has 17 heavy (non-hydrogen) atoms. The largest absolute Gasteiger partial charge is 0.497 e. The highest BCUT2D eigenvalue weighted by Gasteiger charge is 2.43. The first-order valence-corrected chi connectivity index (χ1v) is 6.59. The Kier molecular flexibility index (Phi) is 4.07. The first kappa shape index (κ1) is 12.9. The van der Waals surface area contributed by atoms with Crippen LogP contribution in [-0.4, -0.2) is 24.9 Å². The molecule has 98 valence electrons. The third-order valence-electron chi connectivity index (χ3n) is 4.15. The number of hydrazine groups is 1. The molecule has 0 radical (unpaired) electrons. The molecule has 0 aromatic rings. The molecule has 2 rings (SSSR count). The van der Waals surface area contributed by atoms with E-state index in [1.54, 1.807) is 0 Å². The molecule has 0 spiro atoms. The average Bonchev–Trinajstić information content (AvgIpc) is 2.58.